The summed E-state index contributed by atoms with van der Waals surface area (Å²) in [6.45, 7) is 1.82. The molecule has 1 heterocycles. The second-order valence-electron chi connectivity index (χ2n) is 4.87. The van der Waals surface area contributed by atoms with Crippen LogP contribution in [0.25, 0.3) is 10.2 Å². The first-order valence-corrected chi connectivity index (χ1v) is 8.09. The van der Waals surface area contributed by atoms with Crippen molar-refractivity contribution in [2.75, 3.05) is 7.05 Å². The first kappa shape index (κ1) is 13.7. The van der Waals surface area contributed by atoms with Crippen molar-refractivity contribution in [2.24, 2.45) is 0 Å². The molecule has 102 valence electrons. The maximum absolute atomic E-state index is 4.68. The van der Waals surface area contributed by atoms with Gasteiger partial charge in [0.2, 0.25) is 0 Å². The van der Waals surface area contributed by atoms with Gasteiger partial charge in [-0.2, -0.15) is 0 Å². The zero-order valence-corrected chi connectivity index (χ0v) is 13.6. The topological polar surface area (TPSA) is 16.1 Å². The summed E-state index contributed by atoms with van der Waals surface area (Å²) in [5.74, 6) is 0. The third kappa shape index (κ3) is 3.26. The number of halogens is 1. The lowest BCUT2D eigenvalue weighted by atomic mass is 10.2. The Morgan fingerprint density at radius 1 is 1.05 bits per heavy atom. The fourth-order valence-electron chi connectivity index (χ4n) is 2.18. The summed E-state index contributed by atoms with van der Waals surface area (Å²) in [6, 6.07) is 16.8. The molecule has 0 amide bonds. The molecule has 0 aliphatic rings. The second kappa shape index (κ2) is 6.04. The molecule has 0 saturated carbocycles. The Kier molecular flexibility index (Phi) is 4.15. The molecule has 0 saturated heterocycles. The maximum Gasteiger partial charge on any atom is 0.108 e. The Morgan fingerprint density at radius 2 is 1.80 bits per heavy atom. The molecule has 0 fully saturated rings. The van der Waals surface area contributed by atoms with Crippen molar-refractivity contribution in [1.29, 1.82) is 0 Å². The molecule has 2 aromatic carbocycles. The van der Waals surface area contributed by atoms with E-state index in [1.807, 2.05) is 6.07 Å². The van der Waals surface area contributed by atoms with Gasteiger partial charge in [0.05, 0.1) is 16.8 Å². The lowest BCUT2D eigenvalue weighted by Gasteiger charge is -2.14. The average Bonchev–Trinajstić information content (AvgIpc) is 2.83. The van der Waals surface area contributed by atoms with Crippen LogP contribution >= 0.6 is 27.3 Å². The van der Waals surface area contributed by atoms with Gasteiger partial charge in [-0.05, 0) is 36.9 Å². The van der Waals surface area contributed by atoms with E-state index in [2.05, 4.69) is 75.3 Å². The number of rotatable bonds is 4. The minimum atomic E-state index is 0.884. The molecule has 3 aromatic rings. The van der Waals surface area contributed by atoms with E-state index in [-0.39, 0.29) is 0 Å². The van der Waals surface area contributed by atoms with Crippen molar-refractivity contribution in [3.63, 3.8) is 0 Å². The molecule has 0 spiro atoms. The highest BCUT2D eigenvalue weighted by Crippen LogP contribution is 2.22. The molecule has 0 aliphatic heterocycles. The lowest BCUT2D eigenvalue weighted by molar-refractivity contribution is 0.319. The summed E-state index contributed by atoms with van der Waals surface area (Å²) in [6.07, 6.45) is 0. The van der Waals surface area contributed by atoms with Crippen molar-refractivity contribution < 1.29 is 0 Å². The Labute approximate surface area is 131 Å². The van der Waals surface area contributed by atoms with Gasteiger partial charge in [-0.1, -0.05) is 40.2 Å². The standard InChI is InChI=1S/C16H15BrN2S/c1-19(10-12-6-8-13(17)9-7-12)11-16-18-14-4-2-3-5-15(14)20-16/h2-9H,10-11H2,1H3. The molecule has 0 N–H and O–H groups in total. The van der Waals surface area contributed by atoms with Gasteiger partial charge >= 0.3 is 0 Å². The van der Waals surface area contributed by atoms with Gasteiger partial charge in [0.25, 0.3) is 0 Å². The Bertz CT molecular complexity index is 673. The van der Waals surface area contributed by atoms with Crippen LogP contribution in [0.4, 0.5) is 0 Å². The highest BCUT2D eigenvalue weighted by atomic mass is 79.9. The van der Waals surface area contributed by atoms with Gasteiger partial charge in [-0.3, -0.25) is 4.90 Å². The molecule has 4 heteroatoms. The Morgan fingerprint density at radius 3 is 2.55 bits per heavy atom. The molecule has 0 bridgehead atoms. The van der Waals surface area contributed by atoms with E-state index in [9.17, 15) is 0 Å². The predicted molar refractivity (Wildman–Crippen MR) is 88.9 cm³/mol. The van der Waals surface area contributed by atoms with Crippen LogP contribution in [0.15, 0.2) is 53.0 Å². The number of benzene rings is 2. The molecule has 0 aliphatic carbocycles. The van der Waals surface area contributed by atoms with E-state index in [1.165, 1.54) is 15.3 Å². The summed E-state index contributed by atoms with van der Waals surface area (Å²) in [7, 11) is 2.13. The molecule has 3 rings (SSSR count). The normalized spacial score (nSPS) is 11.3. The van der Waals surface area contributed by atoms with Crippen molar-refractivity contribution in [1.82, 2.24) is 9.88 Å². The number of hydrogen-bond donors (Lipinski definition) is 0. The summed E-state index contributed by atoms with van der Waals surface area (Å²) >= 11 is 5.24. The average molecular weight is 347 g/mol. The maximum atomic E-state index is 4.68. The van der Waals surface area contributed by atoms with Crippen LogP contribution in [0.1, 0.15) is 10.6 Å². The zero-order valence-electron chi connectivity index (χ0n) is 11.2. The molecule has 0 radical (unpaired) electrons. The fourth-order valence-corrected chi connectivity index (χ4v) is 3.49. The van der Waals surface area contributed by atoms with Gasteiger partial charge in [0, 0.05) is 11.0 Å². The molecule has 1 aromatic heterocycles. The van der Waals surface area contributed by atoms with Crippen LogP contribution in [0.5, 0.6) is 0 Å². The van der Waals surface area contributed by atoms with Crippen LogP contribution in [0.2, 0.25) is 0 Å². The van der Waals surface area contributed by atoms with E-state index < -0.39 is 0 Å². The minimum absolute atomic E-state index is 0.884. The van der Waals surface area contributed by atoms with Crippen molar-refractivity contribution >= 4 is 37.5 Å². The number of thiazole rings is 1. The van der Waals surface area contributed by atoms with Crippen LogP contribution < -0.4 is 0 Å². The first-order valence-electron chi connectivity index (χ1n) is 6.48. The van der Waals surface area contributed by atoms with Gasteiger partial charge in [-0.15, -0.1) is 11.3 Å². The van der Waals surface area contributed by atoms with Gasteiger partial charge < -0.3 is 0 Å². The molecular formula is C16H15BrN2S. The first-order chi connectivity index (χ1) is 9.70. The van der Waals surface area contributed by atoms with Gasteiger partial charge in [0.1, 0.15) is 5.01 Å². The van der Waals surface area contributed by atoms with Crippen LogP contribution in [-0.2, 0) is 13.1 Å². The Balaban J connectivity index is 1.69. The van der Waals surface area contributed by atoms with E-state index in [4.69, 9.17) is 0 Å². The zero-order chi connectivity index (χ0) is 13.9. The van der Waals surface area contributed by atoms with E-state index in [0.717, 1.165) is 23.1 Å². The smallest absolute Gasteiger partial charge is 0.108 e. The summed E-state index contributed by atoms with van der Waals surface area (Å²) in [5.41, 5.74) is 2.42. The van der Waals surface area contributed by atoms with Crippen LogP contribution in [-0.4, -0.2) is 16.9 Å². The monoisotopic (exact) mass is 346 g/mol. The SMILES string of the molecule is CN(Cc1ccc(Br)cc1)Cc1nc2ccccc2s1. The van der Waals surface area contributed by atoms with Gasteiger partial charge in [-0.25, -0.2) is 4.98 Å². The fraction of sp³-hybridized carbons (Fsp3) is 0.188. The quantitative estimate of drug-likeness (QED) is 0.681. The van der Waals surface area contributed by atoms with E-state index in [0.29, 0.717) is 0 Å². The minimum Gasteiger partial charge on any atom is -0.295 e. The molecule has 20 heavy (non-hydrogen) atoms. The van der Waals surface area contributed by atoms with Gasteiger partial charge in [0.15, 0.2) is 0 Å². The second-order valence-corrected chi connectivity index (χ2v) is 6.90. The highest BCUT2D eigenvalue weighted by molar-refractivity contribution is 9.10. The van der Waals surface area contributed by atoms with Crippen molar-refractivity contribution in [3.05, 3.63) is 63.6 Å². The number of nitrogens with zero attached hydrogens (tertiary/aromatic N) is 2. The number of aromatic nitrogens is 1. The molecule has 0 atom stereocenters. The molecule has 2 nitrogen and oxygen atoms in total. The van der Waals surface area contributed by atoms with E-state index >= 15 is 0 Å². The van der Waals surface area contributed by atoms with Crippen LogP contribution in [0.3, 0.4) is 0 Å². The van der Waals surface area contributed by atoms with Crippen LogP contribution in [0, 0.1) is 0 Å². The Hall–Kier alpha value is -1.23. The van der Waals surface area contributed by atoms with E-state index in [1.54, 1.807) is 11.3 Å². The third-order valence-electron chi connectivity index (χ3n) is 3.11. The van der Waals surface area contributed by atoms with Crippen molar-refractivity contribution in [2.45, 2.75) is 13.1 Å². The summed E-state index contributed by atoms with van der Waals surface area (Å²) in [5, 5.41) is 1.17. The highest BCUT2D eigenvalue weighted by Gasteiger charge is 2.07. The molecule has 0 unspecified atom stereocenters. The summed E-state index contributed by atoms with van der Waals surface area (Å²) in [4.78, 5) is 6.97. The number of hydrogen-bond acceptors (Lipinski definition) is 3. The third-order valence-corrected chi connectivity index (χ3v) is 4.66. The summed E-state index contributed by atoms with van der Waals surface area (Å²) < 4.78 is 2.38. The predicted octanol–water partition coefficient (Wildman–Crippen LogP) is 4.69. The lowest BCUT2D eigenvalue weighted by Crippen LogP contribution is -2.16. The van der Waals surface area contributed by atoms with Crippen molar-refractivity contribution in [3.8, 4) is 0 Å². The number of fused-ring (bicyclic) bond motifs is 1. The molecular weight excluding hydrogens is 332 g/mol. The number of para-hydroxylation sites is 1. The largest absolute Gasteiger partial charge is 0.295 e.